The van der Waals surface area contributed by atoms with Gasteiger partial charge in [0.2, 0.25) is 6.43 Å². The maximum atomic E-state index is 12.2. The molecular formula is C9H12F2N2O. The zero-order valence-electron chi connectivity index (χ0n) is 7.84. The lowest BCUT2D eigenvalue weighted by molar-refractivity contribution is 0.0281. The number of hydrogen-bond acceptors (Lipinski definition) is 3. The first-order valence-electron chi connectivity index (χ1n) is 4.63. The van der Waals surface area contributed by atoms with Crippen molar-refractivity contribution in [2.75, 3.05) is 5.32 Å². The first kappa shape index (κ1) is 9.43. The van der Waals surface area contributed by atoms with E-state index in [-0.39, 0.29) is 6.04 Å². The summed E-state index contributed by atoms with van der Waals surface area (Å²) in [6.45, 7) is 1.79. The number of nitrogens with zero attached hydrogens (tertiary/aromatic N) is 1. The molecule has 0 saturated heterocycles. The molecule has 0 radical (unpaired) electrons. The summed E-state index contributed by atoms with van der Waals surface area (Å²) in [6, 6.07) is 0.145. The monoisotopic (exact) mass is 202 g/mol. The van der Waals surface area contributed by atoms with Gasteiger partial charge in [0.25, 0.3) is 0 Å². The van der Waals surface area contributed by atoms with Crippen molar-refractivity contribution < 1.29 is 13.3 Å². The third kappa shape index (κ3) is 1.71. The smallest absolute Gasteiger partial charge is 0.241 e. The van der Waals surface area contributed by atoms with E-state index < -0.39 is 12.3 Å². The summed E-state index contributed by atoms with van der Waals surface area (Å²) in [5, 5.41) is 6.72. The van der Waals surface area contributed by atoms with Crippen LogP contribution in [0.3, 0.4) is 0 Å². The van der Waals surface area contributed by atoms with Crippen LogP contribution in [0.1, 0.15) is 18.6 Å². The van der Waals surface area contributed by atoms with Gasteiger partial charge in [-0.25, -0.2) is 8.78 Å². The maximum absolute atomic E-state index is 12.2. The second kappa shape index (κ2) is 3.55. The van der Waals surface area contributed by atoms with Crippen LogP contribution in [0.25, 0.3) is 0 Å². The van der Waals surface area contributed by atoms with E-state index in [9.17, 15) is 8.78 Å². The fraction of sp³-hybridized carbons (Fsp3) is 0.667. The molecule has 0 aliphatic heterocycles. The Morgan fingerprint density at radius 2 is 2.29 bits per heavy atom. The van der Waals surface area contributed by atoms with Crippen LogP contribution >= 0.6 is 0 Å². The predicted octanol–water partition coefficient (Wildman–Crippen LogP) is 2.44. The van der Waals surface area contributed by atoms with Gasteiger partial charge in [-0.1, -0.05) is 5.16 Å². The largest absolute Gasteiger partial charge is 0.378 e. The first-order valence-corrected chi connectivity index (χ1v) is 4.63. The van der Waals surface area contributed by atoms with E-state index in [2.05, 4.69) is 10.5 Å². The topological polar surface area (TPSA) is 38.1 Å². The standard InChI is InChI=1S/C9H12F2N2O/c1-5-8(4-12-14-5)13-7-2-6(3-7)9(10)11/h4,6-7,9,13H,2-3H2,1H3. The van der Waals surface area contributed by atoms with Crippen molar-refractivity contribution in [3.8, 4) is 0 Å². The number of aryl methyl sites for hydroxylation is 1. The highest BCUT2D eigenvalue weighted by Gasteiger charge is 2.35. The van der Waals surface area contributed by atoms with Gasteiger partial charge in [0.15, 0.2) is 5.76 Å². The molecular weight excluding hydrogens is 190 g/mol. The molecule has 1 heterocycles. The lowest BCUT2D eigenvalue weighted by atomic mass is 9.80. The highest BCUT2D eigenvalue weighted by atomic mass is 19.3. The van der Waals surface area contributed by atoms with E-state index in [1.54, 1.807) is 13.1 Å². The summed E-state index contributed by atoms with van der Waals surface area (Å²) in [7, 11) is 0. The number of hydrogen-bond donors (Lipinski definition) is 1. The molecule has 0 unspecified atom stereocenters. The second-order valence-electron chi connectivity index (χ2n) is 3.70. The normalized spacial score (nSPS) is 26.3. The molecule has 0 amide bonds. The lowest BCUT2D eigenvalue weighted by Gasteiger charge is -2.35. The zero-order valence-corrected chi connectivity index (χ0v) is 7.84. The van der Waals surface area contributed by atoms with Crippen molar-refractivity contribution in [3.05, 3.63) is 12.0 Å². The van der Waals surface area contributed by atoms with Gasteiger partial charge in [-0.05, 0) is 19.8 Å². The Morgan fingerprint density at radius 1 is 1.57 bits per heavy atom. The maximum Gasteiger partial charge on any atom is 0.241 e. The van der Waals surface area contributed by atoms with Gasteiger partial charge in [0.1, 0.15) is 0 Å². The molecule has 14 heavy (non-hydrogen) atoms. The molecule has 1 aromatic rings. The lowest BCUT2D eigenvalue weighted by Crippen LogP contribution is -2.38. The molecule has 0 bridgehead atoms. The van der Waals surface area contributed by atoms with Gasteiger partial charge in [-0.15, -0.1) is 0 Å². The fourth-order valence-corrected chi connectivity index (χ4v) is 1.64. The Kier molecular flexibility index (Phi) is 2.39. The van der Waals surface area contributed by atoms with E-state index in [4.69, 9.17) is 4.52 Å². The van der Waals surface area contributed by atoms with Gasteiger partial charge < -0.3 is 9.84 Å². The molecule has 1 aliphatic rings. The predicted molar refractivity (Wildman–Crippen MR) is 47.4 cm³/mol. The fourth-order valence-electron chi connectivity index (χ4n) is 1.64. The number of rotatable bonds is 3. The third-order valence-electron chi connectivity index (χ3n) is 2.64. The molecule has 2 rings (SSSR count). The molecule has 78 valence electrons. The Balaban J connectivity index is 1.82. The number of halogens is 2. The van der Waals surface area contributed by atoms with Crippen molar-refractivity contribution in [1.29, 1.82) is 0 Å². The van der Waals surface area contributed by atoms with E-state index >= 15 is 0 Å². The van der Waals surface area contributed by atoms with Crippen LogP contribution in [-0.2, 0) is 0 Å². The summed E-state index contributed by atoms with van der Waals surface area (Å²) < 4.78 is 29.2. The van der Waals surface area contributed by atoms with Crippen molar-refractivity contribution in [3.63, 3.8) is 0 Å². The minimum Gasteiger partial charge on any atom is -0.378 e. The van der Waals surface area contributed by atoms with Crippen molar-refractivity contribution in [2.45, 2.75) is 32.2 Å². The Labute approximate surface area is 80.5 Å². The summed E-state index contributed by atoms with van der Waals surface area (Å²) in [4.78, 5) is 0. The van der Waals surface area contributed by atoms with Crippen LogP contribution in [0, 0.1) is 12.8 Å². The number of nitrogens with one attached hydrogen (secondary N) is 1. The van der Waals surface area contributed by atoms with Gasteiger partial charge in [-0.3, -0.25) is 0 Å². The molecule has 0 spiro atoms. The minimum absolute atomic E-state index is 0.145. The van der Waals surface area contributed by atoms with E-state index in [0.717, 1.165) is 5.69 Å². The molecule has 5 heteroatoms. The van der Waals surface area contributed by atoms with Crippen molar-refractivity contribution in [1.82, 2.24) is 5.16 Å². The van der Waals surface area contributed by atoms with Gasteiger partial charge >= 0.3 is 0 Å². The zero-order chi connectivity index (χ0) is 10.1. The number of anilines is 1. The molecule has 1 aromatic heterocycles. The highest BCUT2D eigenvalue weighted by Crippen LogP contribution is 2.35. The van der Waals surface area contributed by atoms with Crippen LogP contribution < -0.4 is 5.32 Å². The van der Waals surface area contributed by atoms with Crippen molar-refractivity contribution >= 4 is 5.69 Å². The molecule has 0 aromatic carbocycles. The van der Waals surface area contributed by atoms with E-state index in [0.29, 0.717) is 18.6 Å². The van der Waals surface area contributed by atoms with Gasteiger partial charge in [-0.2, -0.15) is 0 Å². The van der Waals surface area contributed by atoms with Crippen LogP contribution in [0.4, 0.5) is 14.5 Å². The van der Waals surface area contributed by atoms with Crippen LogP contribution in [0.15, 0.2) is 10.7 Å². The SMILES string of the molecule is Cc1oncc1NC1CC(C(F)F)C1. The average molecular weight is 202 g/mol. The van der Waals surface area contributed by atoms with Crippen molar-refractivity contribution in [2.24, 2.45) is 5.92 Å². The molecule has 0 atom stereocenters. The van der Waals surface area contributed by atoms with E-state index in [1.165, 1.54) is 0 Å². The third-order valence-corrected chi connectivity index (χ3v) is 2.64. The van der Waals surface area contributed by atoms with Crippen LogP contribution in [0.5, 0.6) is 0 Å². The Morgan fingerprint density at radius 3 is 2.79 bits per heavy atom. The van der Waals surface area contributed by atoms with E-state index in [1.807, 2.05) is 0 Å². The number of aromatic nitrogens is 1. The Bertz CT molecular complexity index is 308. The van der Waals surface area contributed by atoms with Gasteiger partial charge in [0.05, 0.1) is 11.9 Å². The Hall–Kier alpha value is -1.13. The quantitative estimate of drug-likeness (QED) is 0.818. The summed E-state index contributed by atoms with van der Waals surface area (Å²) in [5.74, 6) is 0.262. The first-order chi connectivity index (χ1) is 6.66. The van der Waals surface area contributed by atoms with Gasteiger partial charge in [0, 0.05) is 12.0 Å². The van der Waals surface area contributed by atoms with Crippen LogP contribution in [0.2, 0.25) is 0 Å². The van der Waals surface area contributed by atoms with Crippen LogP contribution in [-0.4, -0.2) is 17.6 Å². The average Bonchev–Trinajstić information content (AvgIpc) is 2.42. The summed E-state index contributed by atoms with van der Waals surface area (Å²) in [6.07, 6.45) is 0.451. The minimum atomic E-state index is -2.18. The summed E-state index contributed by atoms with van der Waals surface area (Å²) in [5.41, 5.74) is 0.808. The molecule has 1 N–H and O–H groups in total. The molecule has 1 aliphatic carbocycles. The number of alkyl halides is 2. The molecule has 1 saturated carbocycles. The highest BCUT2D eigenvalue weighted by molar-refractivity contribution is 5.44. The second-order valence-corrected chi connectivity index (χ2v) is 3.70. The molecule has 1 fully saturated rings. The molecule has 3 nitrogen and oxygen atoms in total. The summed E-state index contributed by atoms with van der Waals surface area (Å²) >= 11 is 0.